The number of hydrogen-bond donors (Lipinski definition) is 2. The van der Waals surface area contributed by atoms with Crippen molar-refractivity contribution >= 4 is 20.8 Å². The first-order chi connectivity index (χ1) is 16.6. The molecule has 0 aliphatic heterocycles. The van der Waals surface area contributed by atoms with Gasteiger partial charge in [-0.15, -0.1) is 0 Å². The van der Waals surface area contributed by atoms with Gasteiger partial charge in [0.1, 0.15) is 5.75 Å². The molecule has 34 heavy (non-hydrogen) atoms. The van der Waals surface area contributed by atoms with Gasteiger partial charge in [-0.1, -0.05) is 66.7 Å². The van der Waals surface area contributed by atoms with Crippen molar-refractivity contribution in [2.45, 2.75) is 24.3 Å². The van der Waals surface area contributed by atoms with Crippen molar-refractivity contribution in [1.82, 2.24) is 10.0 Å². The van der Waals surface area contributed by atoms with E-state index < -0.39 is 10.0 Å². The van der Waals surface area contributed by atoms with Gasteiger partial charge in [0.05, 0.1) is 11.5 Å². The molecule has 5 nitrogen and oxygen atoms in total. The predicted molar refractivity (Wildman–Crippen MR) is 138 cm³/mol. The van der Waals surface area contributed by atoms with Gasteiger partial charge in [0.2, 0.25) is 10.0 Å². The van der Waals surface area contributed by atoms with E-state index in [9.17, 15) is 8.42 Å². The second-order valence-electron chi connectivity index (χ2n) is 8.17. The average molecular weight is 475 g/mol. The number of fused-ring (bicyclic) bond motifs is 1. The Morgan fingerprint density at radius 2 is 1.41 bits per heavy atom. The lowest BCUT2D eigenvalue weighted by Gasteiger charge is -2.10. The minimum atomic E-state index is -3.46. The first-order valence-electron chi connectivity index (χ1n) is 11.5. The van der Waals surface area contributed by atoms with Crippen LogP contribution in [0.3, 0.4) is 0 Å². The third-order valence-corrected chi connectivity index (χ3v) is 7.05. The lowest BCUT2D eigenvalue weighted by Crippen LogP contribution is -2.31. The van der Waals surface area contributed by atoms with Gasteiger partial charge in [-0.3, -0.25) is 0 Å². The topological polar surface area (TPSA) is 67.4 Å². The van der Waals surface area contributed by atoms with Crippen LogP contribution >= 0.6 is 0 Å². The molecule has 4 rings (SSSR count). The summed E-state index contributed by atoms with van der Waals surface area (Å²) >= 11 is 0. The molecule has 0 heterocycles. The molecule has 0 saturated carbocycles. The summed E-state index contributed by atoms with van der Waals surface area (Å²) in [7, 11) is -3.46. The molecule has 4 aromatic carbocycles. The van der Waals surface area contributed by atoms with Crippen LogP contribution in [0.2, 0.25) is 0 Å². The summed E-state index contributed by atoms with van der Waals surface area (Å²) in [4.78, 5) is 0.282. The largest absolute Gasteiger partial charge is 0.494 e. The van der Waals surface area contributed by atoms with Gasteiger partial charge in [0.15, 0.2) is 0 Å². The van der Waals surface area contributed by atoms with Gasteiger partial charge in [0, 0.05) is 19.6 Å². The van der Waals surface area contributed by atoms with Crippen molar-refractivity contribution in [2.24, 2.45) is 0 Å². The molecule has 0 fully saturated rings. The standard InChI is InChI=1S/C28H30N2O3S/c31-34(32,28-11-5-2-6-12-28)30-18-17-29-22-24-13-14-26-21-27(16-15-25(26)20-24)33-19-7-10-23-8-3-1-4-9-23/h1-6,8-9,11-16,20-21,29-30H,7,10,17-19,22H2. The van der Waals surface area contributed by atoms with E-state index in [1.807, 2.05) is 12.1 Å². The average Bonchev–Trinajstić information content (AvgIpc) is 2.87. The van der Waals surface area contributed by atoms with Gasteiger partial charge in [0.25, 0.3) is 0 Å². The van der Waals surface area contributed by atoms with Gasteiger partial charge in [-0.25, -0.2) is 13.1 Å². The Hall–Kier alpha value is -3.19. The fourth-order valence-corrected chi connectivity index (χ4v) is 4.83. The van der Waals surface area contributed by atoms with Crippen molar-refractivity contribution in [1.29, 1.82) is 0 Å². The Morgan fingerprint density at radius 3 is 2.21 bits per heavy atom. The summed E-state index contributed by atoms with van der Waals surface area (Å²) in [5.74, 6) is 0.886. The summed E-state index contributed by atoms with van der Waals surface area (Å²) in [5.41, 5.74) is 2.48. The summed E-state index contributed by atoms with van der Waals surface area (Å²) in [6, 6.07) is 31.4. The molecule has 4 aromatic rings. The molecule has 0 atom stereocenters. The van der Waals surface area contributed by atoms with Crippen LogP contribution < -0.4 is 14.8 Å². The van der Waals surface area contributed by atoms with Crippen LogP contribution in [0.15, 0.2) is 102 Å². The van der Waals surface area contributed by atoms with Crippen LogP contribution in [0, 0.1) is 0 Å². The van der Waals surface area contributed by atoms with E-state index in [0.29, 0.717) is 26.2 Å². The van der Waals surface area contributed by atoms with Gasteiger partial charge < -0.3 is 10.1 Å². The number of benzene rings is 4. The molecule has 2 N–H and O–H groups in total. The Kier molecular flexibility index (Phi) is 8.31. The maximum absolute atomic E-state index is 12.2. The highest BCUT2D eigenvalue weighted by Gasteiger charge is 2.11. The quantitative estimate of drug-likeness (QED) is 0.286. The fraction of sp³-hybridized carbons (Fsp3) is 0.214. The minimum Gasteiger partial charge on any atom is -0.494 e. The zero-order chi connectivity index (χ0) is 23.6. The molecule has 0 saturated heterocycles. The van der Waals surface area contributed by atoms with E-state index in [1.165, 1.54) is 5.56 Å². The van der Waals surface area contributed by atoms with Crippen molar-refractivity contribution < 1.29 is 13.2 Å². The number of hydrogen-bond acceptors (Lipinski definition) is 4. The summed E-state index contributed by atoms with van der Waals surface area (Å²) in [6.07, 6.45) is 1.99. The molecule has 0 bridgehead atoms. The lowest BCUT2D eigenvalue weighted by atomic mass is 10.1. The van der Waals surface area contributed by atoms with Crippen molar-refractivity contribution in [2.75, 3.05) is 19.7 Å². The maximum Gasteiger partial charge on any atom is 0.240 e. The highest BCUT2D eigenvalue weighted by atomic mass is 32.2. The predicted octanol–water partition coefficient (Wildman–Crippen LogP) is 4.92. The Bertz CT molecular complexity index is 1290. The van der Waals surface area contributed by atoms with Crippen LogP contribution in [0.1, 0.15) is 17.5 Å². The second-order valence-corrected chi connectivity index (χ2v) is 9.94. The number of rotatable bonds is 12. The van der Waals surface area contributed by atoms with Crippen LogP contribution in [0.5, 0.6) is 5.75 Å². The molecule has 6 heteroatoms. The summed E-state index contributed by atoms with van der Waals surface area (Å²) in [5, 5.41) is 5.59. The van der Waals surface area contributed by atoms with Crippen molar-refractivity contribution in [3.63, 3.8) is 0 Å². The van der Waals surface area contributed by atoms with E-state index in [-0.39, 0.29) is 4.90 Å². The molecule has 0 aliphatic carbocycles. The Morgan fingerprint density at radius 1 is 0.706 bits per heavy atom. The van der Waals surface area contributed by atoms with Crippen molar-refractivity contribution in [3.05, 3.63) is 108 Å². The molecule has 0 amide bonds. The van der Waals surface area contributed by atoms with Crippen LogP contribution in [0.25, 0.3) is 10.8 Å². The smallest absolute Gasteiger partial charge is 0.240 e. The van der Waals surface area contributed by atoms with Gasteiger partial charge in [-0.05, 0) is 65.1 Å². The third-order valence-electron chi connectivity index (χ3n) is 5.57. The molecule has 176 valence electrons. The summed E-state index contributed by atoms with van der Waals surface area (Å²) < 4.78 is 33.0. The number of nitrogens with one attached hydrogen (secondary N) is 2. The van der Waals surface area contributed by atoms with Crippen molar-refractivity contribution in [3.8, 4) is 5.75 Å². The number of sulfonamides is 1. The van der Waals surface area contributed by atoms with Gasteiger partial charge >= 0.3 is 0 Å². The van der Waals surface area contributed by atoms with Crippen LogP contribution in [0.4, 0.5) is 0 Å². The molecular weight excluding hydrogens is 444 g/mol. The van der Waals surface area contributed by atoms with E-state index in [2.05, 4.69) is 64.6 Å². The molecule has 0 aromatic heterocycles. The molecule has 0 radical (unpaired) electrons. The SMILES string of the molecule is O=S(=O)(NCCNCc1ccc2cc(OCCCc3ccccc3)ccc2c1)c1ccccc1. The zero-order valence-electron chi connectivity index (χ0n) is 19.1. The number of ether oxygens (including phenoxy) is 1. The first-order valence-corrected chi connectivity index (χ1v) is 13.0. The summed E-state index contributed by atoms with van der Waals surface area (Å²) in [6.45, 7) is 2.23. The first kappa shape index (κ1) is 24.0. The van der Waals surface area contributed by atoms with E-state index >= 15 is 0 Å². The third kappa shape index (κ3) is 6.90. The van der Waals surface area contributed by atoms with Crippen LogP contribution in [-0.4, -0.2) is 28.1 Å². The fourth-order valence-electron chi connectivity index (χ4n) is 3.77. The lowest BCUT2D eigenvalue weighted by molar-refractivity contribution is 0.311. The monoisotopic (exact) mass is 474 g/mol. The van der Waals surface area contributed by atoms with E-state index in [0.717, 1.165) is 34.9 Å². The Balaban J connectivity index is 1.21. The normalized spacial score (nSPS) is 11.5. The van der Waals surface area contributed by atoms with Gasteiger partial charge in [-0.2, -0.15) is 0 Å². The highest BCUT2D eigenvalue weighted by molar-refractivity contribution is 7.89. The molecule has 0 unspecified atom stereocenters. The minimum absolute atomic E-state index is 0.282. The number of aryl methyl sites for hydroxylation is 1. The zero-order valence-corrected chi connectivity index (χ0v) is 19.9. The second kappa shape index (κ2) is 11.8. The maximum atomic E-state index is 12.2. The van der Waals surface area contributed by atoms with E-state index in [1.54, 1.807) is 30.3 Å². The molecule has 0 spiro atoms. The highest BCUT2D eigenvalue weighted by Crippen LogP contribution is 2.22. The van der Waals surface area contributed by atoms with Crippen LogP contribution in [-0.2, 0) is 23.0 Å². The van der Waals surface area contributed by atoms with E-state index in [4.69, 9.17) is 4.74 Å². The molecular formula is C28H30N2O3S. The Labute approximate surface area is 201 Å². The molecule has 0 aliphatic rings.